The highest BCUT2D eigenvalue weighted by Crippen LogP contribution is 2.41. The molecule has 0 bridgehead atoms. The smallest absolute Gasteiger partial charge is 0.230 e. The Hall–Kier alpha value is -2.22. The van der Waals surface area contributed by atoms with Crippen molar-refractivity contribution in [2.24, 2.45) is 0 Å². The quantitative estimate of drug-likeness (QED) is 0.536. The maximum Gasteiger partial charge on any atom is 0.230 e. The summed E-state index contributed by atoms with van der Waals surface area (Å²) in [4.78, 5) is 15.2. The number of morpholine rings is 1. The van der Waals surface area contributed by atoms with E-state index in [9.17, 15) is 0 Å². The van der Waals surface area contributed by atoms with Gasteiger partial charge in [-0.1, -0.05) is 12.1 Å². The van der Waals surface area contributed by atoms with Gasteiger partial charge in [0.2, 0.25) is 5.95 Å². The summed E-state index contributed by atoms with van der Waals surface area (Å²) in [6.07, 6.45) is 8.48. The number of rotatable bonds is 5. The zero-order valence-corrected chi connectivity index (χ0v) is 20.2. The third-order valence-electron chi connectivity index (χ3n) is 7.44. The maximum atomic E-state index is 5.55. The van der Waals surface area contributed by atoms with Gasteiger partial charge in [0.15, 0.2) is 0 Å². The lowest BCUT2D eigenvalue weighted by Crippen LogP contribution is -2.46. The van der Waals surface area contributed by atoms with Crippen LogP contribution in [0.5, 0.6) is 0 Å². The van der Waals surface area contributed by atoms with Crippen LogP contribution in [0.4, 0.5) is 17.5 Å². The summed E-state index contributed by atoms with van der Waals surface area (Å²) in [6.45, 7) is 6.06. The first kappa shape index (κ1) is 21.3. The minimum atomic E-state index is 0.476. The van der Waals surface area contributed by atoms with Gasteiger partial charge in [-0.25, -0.2) is 4.98 Å². The Morgan fingerprint density at radius 3 is 2.73 bits per heavy atom. The van der Waals surface area contributed by atoms with Crippen molar-refractivity contribution in [3.8, 4) is 0 Å². The molecule has 1 saturated carbocycles. The third-order valence-corrected chi connectivity index (χ3v) is 8.62. The van der Waals surface area contributed by atoms with Gasteiger partial charge in [0.05, 0.1) is 18.6 Å². The van der Waals surface area contributed by atoms with Crippen molar-refractivity contribution < 1.29 is 4.74 Å². The predicted molar refractivity (Wildman–Crippen MR) is 136 cm³/mol. The Morgan fingerprint density at radius 2 is 1.91 bits per heavy atom. The normalized spacial score (nSPS) is 23.5. The molecule has 1 aliphatic heterocycles. The van der Waals surface area contributed by atoms with Gasteiger partial charge in [0.1, 0.15) is 10.6 Å². The second-order valence-electron chi connectivity index (χ2n) is 9.73. The largest absolute Gasteiger partial charge is 0.379 e. The van der Waals surface area contributed by atoms with Gasteiger partial charge >= 0.3 is 0 Å². The molecular formula is C26H33N5OS. The summed E-state index contributed by atoms with van der Waals surface area (Å²) < 4.78 is 5.55. The van der Waals surface area contributed by atoms with Crippen molar-refractivity contribution in [2.75, 3.05) is 36.9 Å². The van der Waals surface area contributed by atoms with Crippen LogP contribution in [0.15, 0.2) is 24.3 Å². The number of thiophene rings is 1. The van der Waals surface area contributed by atoms with Crippen molar-refractivity contribution in [1.29, 1.82) is 0 Å². The van der Waals surface area contributed by atoms with Gasteiger partial charge in [-0.05, 0) is 75.1 Å². The molecule has 174 valence electrons. The molecule has 2 N–H and O–H groups in total. The van der Waals surface area contributed by atoms with E-state index in [1.807, 2.05) is 11.3 Å². The number of nitrogens with one attached hydrogen (secondary N) is 2. The lowest BCUT2D eigenvalue weighted by atomic mass is 9.90. The fraction of sp³-hybridized carbons (Fsp3) is 0.538. The molecule has 0 unspecified atom stereocenters. The van der Waals surface area contributed by atoms with E-state index >= 15 is 0 Å². The summed E-state index contributed by atoms with van der Waals surface area (Å²) >= 11 is 1.86. The SMILES string of the molecule is Cc1cccc(Nc2nc(NC3CCC(N4CCOCC4)CC3)c3c4c(sc3n2)CCC4)c1. The van der Waals surface area contributed by atoms with Crippen LogP contribution in [-0.4, -0.2) is 53.3 Å². The van der Waals surface area contributed by atoms with Crippen LogP contribution in [0.2, 0.25) is 0 Å². The summed E-state index contributed by atoms with van der Waals surface area (Å²) in [6, 6.07) is 9.59. The number of hydrogen-bond acceptors (Lipinski definition) is 7. The van der Waals surface area contributed by atoms with Gasteiger partial charge in [0, 0.05) is 35.7 Å². The third kappa shape index (κ3) is 4.46. The molecule has 0 radical (unpaired) electrons. The maximum absolute atomic E-state index is 5.55. The second-order valence-corrected chi connectivity index (χ2v) is 10.8. The summed E-state index contributed by atoms with van der Waals surface area (Å²) in [5.41, 5.74) is 3.75. The van der Waals surface area contributed by atoms with Crippen molar-refractivity contribution >= 4 is 39.0 Å². The summed E-state index contributed by atoms with van der Waals surface area (Å²) in [5.74, 6) is 1.72. The number of anilines is 3. The topological polar surface area (TPSA) is 62.3 Å². The van der Waals surface area contributed by atoms with Gasteiger partial charge in [0.25, 0.3) is 0 Å². The van der Waals surface area contributed by atoms with Crippen molar-refractivity contribution in [3.05, 3.63) is 40.3 Å². The van der Waals surface area contributed by atoms with Crippen LogP contribution in [0, 0.1) is 6.92 Å². The highest BCUT2D eigenvalue weighted by atomic mass is 32.1. The summed E-state index contributed by atoms with van der Waals surface area (Å²) in [7, 11) is 0. The molecule has 0 atom stereocenters. The van der Waals surface area contributed by atoms with E-state index in [-0.39, 0.29) is 0 Å². The van der Waals surface area contributed by atoms with Crippen LogP contribution >= 0.6 is 11.3 Å². The minimum Gasteiger partial charge on any atom is -0.379 e. The Morgan fingerprint density at radius 1 is 1.06 bits per heavy atom. The molecule has 3 heterocycles. The zero-order valence-electron chi connectivity index (χ0n) is 19.4. The van der Waals surface area contributed by atoms with E-state index in [1.165, 1.54) is 59.9 Å². The average Bonchev–Trinajstić information content (AvgIpc) is 3.41. The monoisotopic (exact) mass is 463 g/mol. The molecule has 3 aromatic rings. The lowest BCUT2D eigenvalue weighted by Gasteiger charge is -2.39. The van der Waals surface area contributed by atoms with Crippen LogP contribution in [-0.2, 0) is 17.6 Å². The fourth-order valence-electron chi connectivity index (χ4n) is 5.73. The van der Waals surface area contributed by atoms with E-state index < -0.39 is 0 Å². The van der Waals surface area contributed by atoms with Crippen molar-refractivity contribution in [2.45, 2.75) is 64.0 Å². The Bertz CT molecular complexity index is 1130. The molecule has 6 rings (SSSR count). The first-order valence-electron chi connectivity index (χ1n) is 12.5. The zero-order chi connectivity index (χ0) is 22.2. The standard InChI is InChI=1S/C26H33N5OS/c1-17-4-2-5-19(16-17)28-26-29-24(23-21-6-3-7-22(21)33-25(23)30-26)27-18-8-10-20(11-9-18)31-12-14-32-15-13-31/h2,4-5,16,18,20H,3,6-15H2,1H3,(H2,27,28,29,30). The molecular weight excluding hydrogens is 430 g/mol. The highest BCUT2D eigenvalue weighted by molar-refractivity contribution is 7.19. The van der Waals surface area contributed by atoms with E-state index in [2.05, 4.69) is 46.7 Å². The number of hydrogen-bond donors (Lipinski definition) is 2. The van der Waals surface area contributed by atoms with Gasteiger partial charge in [-0.3, -0.25) is 4.90 Å². The molecule has 1 saturated heterocycles. The second kappa shape index (κ2) is 9.20. The van der Waals surface area contributed by atoms with Crippen molar-refractivity contribution in [3.63, 3.8) is 0 Å². The van der Waals surface area contributed by atoms with Gasteiger partial charge < -0.3 is 15.4 Å². The molecule has 2 aliphatic carbocycles. The molecule has 0 spiro atoms. The first-order chi connectivity index (χ1) is 16.2. The predicted octanol–water partition coefficient (Wildman–Crippen LogP) is 5.29. The molecule has 7 heteroatoms. The molecule has 2 fully saturated rings. The Kier molecular flexibility index (Phi) is 5.94. The number of nitrogens with zero attached hydrogens (tertiary/aromatic N) is 3. The van der Waals surface area contributed by atoms with Gasteiger partial charge in [-0.15, -0.1) is 11.3 Å². The summed E-state index contributed by atoms with van der Waals surface area (Å²) in [5, 5.41) is 8.60. The number of aryl methyl sites for hydroxylation is 3. The minimum absolute atomic E-state index is 0.476. The van der Waals surface area contributed by atoms with E-state index in [0.29, 0.717) is 18.0 Å². The Balaban J connectivity index is 1.24. The fourth-order valence-corrected chi connectivity index (χ4v) is 6.99. The van der Waals surface area contributed by atoms with Crippen LogP contribution in [0.3, 0.4) is 0 Å². The number of fused-ring (bicyclic) bond motifs is 3. The van der Waals surface area contributed by atoms with E-state index in [4.69, 9.17) is 14.7 Å². The molecule has 0 amide bonds. The van der Waals surface area contributed by atoms with Crippen molar-refractivity contribution in [1.82, 2.24) is 14.9 Å². The van der Waals surface area contributed by atoms with E-state index in [1.54, 1.807) is 0 Å². The number of aromatic nitrogens is 2. The number of benzene rings is 1. The van der Waals surface area contributed by atoms with Crippen LogP contribution in [0.25, 0.3) is 10.2 Å². The average molecular weight is 464 g/mol. The van der Waals surface area contributed by atoms with E-state index in [0.717, 1.165) is 49.1 Å². The van der Waals surface area contributed by atoms with Crippen LogP contribution < -0.4 is 10.6 Å². The first-order valence-corrected chi connectivity index (χ1v) is 13.3. The molecule has 33 heavy (non-hydrogen) atoms. The Labute approximate surface area is 199 Å². The molecule has 2 aromatic heterocycles. The van der Waals surface area contributed by atoms with Crippen LogP contribution in [0.1, 0.15) is 48.1 Å². The number of ether oxygens (including phenoxy) is 1. The molecule has 1 aromatic carbocycles. The molecule has 6 nitrogen and oxygen atoms in total. The lowest BCUT2D eigenvalue weighted by molar-refractivity contribution is 0.00791. The molecule has 3 aliphatic rings. The van der Waals surface area contributed by atoms with Gasteiger partial charge in [-0.2, -0.15) is 4.98 Å². The highest BCUT2D eigenvalue weighted by Gasteiger charge is 2.29.